The van der Waals surface area contributed by atoms with E-state index in [0.29, 0.717) is 29.9 Å². The average Bonchev–Trinajstić information content (AvgIpc) is 3.51. The molecule has 3 aromatic carbocycles. The van der Waals surface area contributed by atoms with Gasteiger partial charge in [-0.1, -0.05) is 0 Å². The Morgan fingerprint density at radius 1 is 0.528 bits per heavy atom. The number of aromatic nitrogens is 4. The number of unbranched alkanes of at least 4 members (excludes halogenated alkanes) is 4. The second-order valence-corrected chi connectivity index (χ2v) is 14.1. The van der Waals surface area contributed by atoms with Crippen LogP contribution in [0.5, 0.6) is 0 Å². The quantitative estimate of drug-likeness (QED) is 0.121. The van der Waals surface area contributed by atoms with Crippen LogP contribution in [0.4, 0.5) is 0 Å². The first-order valence-electron chi connectivity index (χ1n) is 13.0. The summed E-state index contributed by atoms with van der Waals surface area (Å²) in [5, 5.41) is 2.66. The van der Waals surface area contributed by atoms with E-state index in [-0.39, 0.29) is 0 Å². The molecule has 0 aliphatic carbocycles. The molecule has 0 unspecified atom stereocenters. The maximum atomic E-state index is 4.67. The van der Waals surface area contributed by atoms with Crippen molar-refractivity contribution in [1.29, 1.82) is 0 Å². The third-order valence-electron chi connectivity index (χ3n) is 6.47. The molecule has 0 spiro atoms. The van der Waals surface area contributed by atoms with Crippen molar-refractivity contribution in [3.8, 4) is 0 Å². The van der Waals surface area contributed by atoms with Gasteiger partial charge in [-0.25, -0.2) is 0 Å². The summed E-state index contributed by atoms with van der Waals surface area (Å²) in [5.74, 6) is 0. The van der Waals surface area contributed by atoms with Crippen molar-refractivity contribution in [2.45, 2.75) is 62.3 Å². The van der Waals surface area contributed by atoms with E-state index in [1.165, 1.54) is 69.1 Å². The van der Waals surface area contributed by atoms with Crippen LogP contribution in [-0.2, 0) is 13.1 Å². The minimum absolute atomic E-state index is 0.607. The third kappa shape index (κ3) is 6.89. The van der Waals surface area contributed by atoms with Gasteiger partial charge < -0.3 is 0 Å². The van der Waals surface area contributed by atoms with Gasteiger partial charge in [0.25, 0.3) is 0 Å². The molecule has 36 heavy (non-hydrogen) atoms. The molecule has 5 rings (SSSR count). The van der Waals surface area contributed by atoms with Crippen LogP contribution < -0.4 is 8.92 Å². The molecule has 0 saturated carbocycles. The van der Waals surface area contributed by atoms with Gasteiger partial charge in [0.2, 0.25) is 0 Å². The van der Waals surface area contributed by atoms with Gasteiger partial charge in [0.1, 0.15) is 0 Å². The van der Waals surface area contributed by atoms with Crippen molar-refractivity contribution in [2.75, 3.05) is 0 Å². The number of fused-ring (bicyclic) bond motifs is 2. The second kappa shape index (κ2) is 13.3. The summed E-state index contributed by atoms with van der Waals surface area (Å²) < 4.78 is 7.69. The van der Waals surface area contributed by atoms with Crippen LogP contribution in [0.1, 0.15) is 38.5 Å². The number of hydrogen-bond acceptors (Lipinski definition) is 2. The van der Waals surface area contributed by atoms with E-state index in [4.69, 9.17) is 0 Å². The first-order valence-corrected chi connectivity index (χ1v) is 17.2. The summed E-state index contributed by atoms with van der Waals surface area (Å²) in [5.41, 5.74) is 4.60. The first kappa shape index (κ1) is 25.3. The molecule has 0 radical (unpaired) electrons. The van der Waals surface area contributed by atoms with Crippen LogP contribution in [0.25, 0.3) is 22.1 Å². The number of rotatable bonds is 14. The first-order chi connectivity index (χ1) is 17.9. The van der Waals surface area contributed by atoms with E-state index in [2.05, 4.69) is 91.9 Å². The molecule has 2 heterocycles. The maximum absolute atomic E-state index is 4.67. The minimum atomic E-state index is 0.607. The number of benzene rings is 3. The zero-order chi connectivity index (χ0) is 24.4. The molecule has 0 fully saturated rings. The fraction of sp³-hybridized carbons (Fsp3) is 0.333. The van der Waals surface area contributed by atoms with Crippen LogP contribution >= 0.6 is 0 Å². The van der Waals surface area contributed by atoms with Crippen LogP contribution in [0.2, 0.25) is 10.6 Å². The summed E-state index contributed by atoms with van der Waals surface area (Å²) in [6.45, 7) is 2.08. The van der Waals surface area contributed by atoms with Crippen molar-refractivity contribution in [3.63, 3.8) is 0 Å². The Morgan fingerprint density at radius 3 is 1.47 bits per heavy atom. The van der Waals surface area contributed by atoms with Crippen molar-refractivity contribution in [1.82, 2.24) is 19.1 Å². The molecule has 0 amide bonds. The van der Waals surface area contributed by atoms with E-state index in [0.717, 1.165) is 24.1 Å². The van der Waals surface area contributed by atoms with Crippen molar-refractivity contribution < 1.29 is 0 Å². The fourth-order valence-corrected chi connectivity index (χ4v) is 8.42. The molecule has 6 heteroatoms. The van der Waals surface area contributed by atoms with E-state index < -0.39 is 0 Å². The summed E-state index contributed by atoms with van der Waals surface area (Å²) in [4.78, 5) is 9.34. The molecule has 0 atom stereocenters. The van der Waals surface area contributed by atoms with Gasteiger partial charge in [-0.15, -0.1) is 0 Å². The third-order valence-corrected chi connectivity index (χ3v) is 11.1. The van der Waals surface area contributed by atoms with Crippen LogP contribution in [0.15, 0.2) is 85.5 Å². The van der Waals surface area contributed by atoms with E-state index >= 15 is 0 Å². The molecular weight excluding hydrogens is 574 g/mol. The van der Waals surface area contributed by atoms with Gasteiger partial charge >= 0.3 is 228 Å². The zero-order valence-corrected chi connectivity index (χ0v) is 24.2. The molecule has 0 aliphatic heterocycles. The van der Waals surface area contributed by atoms with Crippen LogP contribution in [-0.4, -0.2) is 49.0 Å². The Morgan fingerprint density at radius 2 is 1.00 bits per heavy atom. The Balaban J connectivity index is 1.09. The molecule has 0 N–H and O–H groups in total. The molecule has 2 aromatic heterocycles. The monoisotopic (exact) mass is 610 g/mol. The predicted octanol–water partition coefficient (Wildman–Crippen LogP) is 5.62. The van der Waals surface area contributed by atoms with Gasteiger partial charge in [0, 0.05) is 0 Å². The molecule has 186 valence electrons. The van der Waals surface area contributed by atoms with E-state index in [1.807, 2.05) is 12.7 Å². The number of hydrogen-bond donors (Lipinski definition) is 0. The van der Waals surface area contributed by atoms with Crippen molar-refractivity contribution in [3.05, 3.63) is 85.5 Å². The molecule has 0 aliphatic rings. The Labute approximate surface area is 226 Å². The summed E-state index contributed by atoms with van der Waals surface area (Å²) >= 11 is 1.21. The topological polar surface area (TPSA) is 35.6 Å². The van der Waals surface area contributed by atoms with Gasteiger partial charge in [0.05, 0.1) is 0 Å². The zero-order valence-electron chi connectivity index (χ0n) is 20.8. The van der Waals surface area contributed by atoms with Gasteiger partial charge in [-0.3, -0.25) is 0 Å². The number of nitrogens with zero attached hydrogens (tertiary/aromatic N) is 4. The standard InChI is InChI=1S/C30H34N4Se2/c1-5-13-25(14-6-1)35-19-11-3-9-17-33-23-31-27-21-28-30(22-29(27)33)34(24-32-28)18-10-4-12-20-36-26-15-7-2-8-16-26/h1-2,5-8,13-16,21-24H,3-4,9-12,17-20H2. The molecular formula is C30H34N4Se2. The Hall–Kier alpha value is -2.36. The summed E-state index contributed by atoms with van der Waals surface area (Å²) in [6, 6.07) is 26.3. The van der Waals surface area contributed by atoms with Gasteiger partial charge in [-0.2, -0.15) is 0 Å². The Kier molecular flexibility index (Phi) is 9.32. The fourth-order valence-electron chi connectivity index (χ4n) is 4.50. The van der Waals surface area contributed by atoms with Crippen molar-refractivity contribution >= 4 is 60.9 Å². The summed E-state index contributed by atoms with van der Waals surface area (Å²) in [6.07, 6.45) is 11.6. The predicted molar refractivity (Wildman–Crippen MR) is 154 cm³/mol. The molecule has 0 saturated heterocycles. The normalized spacial score (nSPS) is 11.6. The number of imidazole rings is 2. The second-order valence-electron chi connectivity index (χ2n) is 9.15. The molecule has 5 aromatic rings. The number of aryl methyl sites for hydroxylation is 2. The van der Waals surface area contributed by atoms with Crippen molar-refractivity contribution in [2.24, 2.45) is 0 Å². The van der Waals surface area contributed by atoms with Crippen LogP contribution in [0.3, 0.4) is 0 Å². The summed E-state index contributed by atoms with van der Waals surface area (Å²) in [7, 11) is 0. The van der Waals surface area contributed by atoms with E-state index in [1.54, 1.807) is 0 Å². The van der Waals surface area contributed by atoms with Crippen LogP contribution in [0, 0.1) is 0 Å². The average molecular weight is 609 g/mol. The van der Waals surface area contributed by atoms with Gasteiger partial charge in [-0.05, 0) is 0 Å². The SMILES string of the molecule is c1ccc([Se]CCCCCn2cnc3cc4ncn(CCCCC[Se]c5ccccc5)c4cc32)cc1. The molecule has 0 bridgehead atoms. The molecule has 4 nitrogen and oxygen atoms in total. The Bertz CT molecular complexity index is 1240. The van der Waals surface area contributed by atoms with E-state index in [9.17, 15) is 0 Å². The van der Waals surface area contributed by atoms with Gasteiger partial charge in [0.15, 0.2) is 0 Å².